The summed E-state index contributed by atoms with van der Waals surface area (Å²) >= 11 is 7.58. The second-order valence-electron chi connectivity index (χ2n) is 3.80. The van der Waals surface area contributed by atoms with Crippen LogP contribution in [0.3, 0.4) is 0 Å². The highest BCUT2D eigenvalue weighted by atomic mass is 79.9. The molecule has 0 fully saturated rings. The highest BCUT2D eigenvalue weighted by Gasteiger charge is 2.34. The normalized spacial score (nSPS) is 12.9. The second kappa shape index (κ2) is 5.87. The summed E-state index contributed by atoms with van der Waals surface area (Å²) in [5.41, 5.74) is 4.01. The van der Waals surface area contributed by atoms with Crippen LogP contribution in [0.2, 0.25) is 0 Å². The zero-order valence-corrected chi connectivity index (χ0v) is 12.1. The van der Waals surface area contributed by atoms with Crippen LogP contribution in [0.15, 0.2) is 22.7 Å². The van der Waals surface area contributed by atoms with Crippen molar-refractivity contribution in [3.05, 3.63) is 28.2 Å². The van der Waals surface area contributed by atoms with Crippen molar-refractivity contribution in [1.82, 2.24) is 0 Å². The standard InChI is InChI=1S/C11H10BrF3N2OS/c1-5(9(16)19)10(18)17-8-3-2-6(12)4-7(8)11(13,14)15/h2-5H,1H3,(H2,16,19)(H,17,18). The summed E-state index contributed by atoms with van der Waals surface area (Å²) in [5.74, 6) is -1.53. The lowest BCUT2D eigenvalue weighted by atomic mass is 10.1. The monoisotopic (exact) mass is 354 g/mol. The number of thiocarbonyl (C=S) groups is 1. The van der Waals surface area contributed by atoms with Crippen LogP contribution in [0.1, 0.15) is 12.5 Å². The van der Waals surface area contributed by atoms with Gasteiger partial charge in [-0.25, -0.2) is 0 Å². The van der Waals surface area contributed by atoms with Crippen LogP contribution in [-0.4, -0.2) is 10.9 Å². The molecule has 3 N–H and O–H groups in total. The van der Waals surface area contributed by atoms with Crippen molar-refractivity contribution in [3.8, 4) is 0 Å². The van der Waals surface area contributed by atoms with E-state index in [0.29, 0.717) is 0 Å². The summed E-state index contributed by atoms with van der Waals surface area (Å²) in [5, 5.41) is 2.18. The van der Waals surface area contributed by atoms with Crippen LogP contribution in [0.25, 0.3) is 0 Å². The van der Waals surface area contributed by atoms with E-state index in [4.69, 9.17) is 5.73 Å². The first-order chi connectivity index (χ1) is 8.62. The lowest BCUT2D eigenvalue weighted by Crippen LogP contribution is -2.31. The van der Waals surface area contributed by atoms with E-state index in [0.717, 1.165) is 12.1 Å². The van der Waals surface area contributed by atoms with E-state index >= 15 is 0 Å². The van der Waals surface area contributed by atoms with E-state index in [1.165, 1.54) is 13.0 Å². The molecule has 0 aromatic heterocycles. The Bertz CT molecular complexity index is 519. The van der Waals surface area contributed by atoms with E-state index in [1.54, 1.807) is 0 Å². The molecule has 0 saturated heterocycles. The zero-order chi connectivity index (χ0) is 14.8. The summed E-state index contributed by atoms with van der Waals surface area (Å²) in [4.78, 5) is 11.6. The molecule has 0 saturated carbocycles. The molecule has 1 amide bonds. The molecular weight excluding hydrogens is 345 g/mol. The van der Waals surface area contributed by atoms with Crippen LogP contribution >= 0.6 is 28.1 Å². The van der Waals surface area contributed by atoms with Crippen molar-refractivity contribution in [3.63, 3.8) is 0 Å². The smallest absolute Gasteiger partial charge is 0.393 e. The van der Waals surface area contributed by atoms with Gasteiger partial charge in [-0.2, -0.15) is 13.2 Å². The predicted molar refractivity (Wildman–Crippen MR) is 73.7 cm³/mol. The minimum absolute atomic E-state index is 0.0804. The van der Waals surface area contributed by atoms with Crippen LogP contribution in [0, 0.1) is 5.92 Å². The van der Waals surface area contributed by atoms with Crippen LogP contribution < -0.4 is 11.1 Å². The van der Waals surface area contributed by atoms with Crippen LogP contribution in [0.4, 0.5) is 18.9 Å². The van der Waals surface area contributed by atoms with Gasteiger partial charge >= 0.3 is 6.18 Å². The average Bonchev–Trinajstić information content (AvgIpc) is 2.28. The summed E-state index contributed by atoms with van der Waals surface area (Å²) in [6.07, 6.45) is -4.57. The zero-order valence-electron chi connectivity index (χ0n) is 9.72. The molecule has 19 heavy (non-hydrogen) atoms. The molecule has 104 valence electrons. The first-order valence-electron chi connectivity index (χ1n) is 5.10. The molecule has 0 aliphatic heterocycles. The van der Waals surface area contributed by atoms with Gasteiger partial charge in [0.15, 0.2) is 0 Å². The fourth-order valence-electron chi connectivity index (χ4n) is 1.23. The Hall–Kier alpha value is -1.15. The largest absolute Gasteiger partial charge is 0.418 e. The first kappa shape index (κ1) is 15.9. The Balaban J connectivity index is 3.08. The lowest BCUT2D eigenvalue weighted by Gasteiger charge is -2.16. The number of benzene rings is 1. The molecule has 1 aromatic rings. The van der Waals surface area contributed by atoms with Gasteiger partial charge < -0.3 is 11.1 Å². The SMILES string of the molecule is CC(C(=O)Nc1ccc(Br)cc1C(F)(F)F)C(N)=S. The van der Waals surface area contributed by atoms with Crippen LogP contribution in [-0.2, 0) is 11.0 Å². The molecule has 0 heterocycles. The summed E-state index contributed by atoms with van der Waals surface area (Å²) in [7, 11) is 0. The number of rotatable bonds is 3. The lowest BCUT2D eigenvalue weighted by molar-refractivity contribution is -0.137. The molecule has 0 radical (unpaired) electrons. The van der Waals surface area contributed by atoms with Gasteiger partial charge in [-0.05, 0) is 25.1 Å². The predicted octanol–water partition coefficient (Wildman–Crippen LogP) is 3.33. The molecule has 1 aromatic carbocycles. The van der Waals surface area contributed by atoms with E-state index in [1.807, 2.05) is 0 Å². The summed E-state index contributed by atoms with van der Waals surface area (Å²) in [6, 6.07) is 3.45. The number of hydrogen-bond acceptors (Lipinski definition) is 2. The first-order valence-corrected chi connectivity index (χ1v) is 6.30. The Morgan fingerprint density at radius 1 is 1.47 bits per heavy atom. The number of amides is 1. The maximum atomic E-state index is 12.8. The third-order valence-electron chi connectivity index (χ3n) is 2.36. The Kier molecular flexibility index (Phi) is 4.92. The number of nitrogens with two attached hydrogens (primary N) is 1. The number of nitrogens with one attached hydrogen (secondary N) is 1. The van der Waals surface area contributed by atoms with Crippen molar-refractivity contribution in [2.24, 2.45) is 11.7 Å². The number of carbonyl (C=O) groups excluding carboxylic acids is 1. The topological polar surface area (TPSA) is 55.1 Å². The maximum Gasteiger partial charge on any atom is 0.418 e. The van der Waals surface area contributed by atoms with Crippen molar-refractivity contribution in [2.45, 2.75) is 13.1 Å². The molecule has 3 nitrogen and oxygen atoms in total. The maximum absolute atomic E-state index is 12.8. The molecular formula is C11H10BrF3N2OS. The minimum atomic E-state index is -4.57. The summed E-state index contributed by atoms with van der Waals surface area (Å²) < 4.78 is 38.7. The van der Waals surface area contributed by atoms with Crippen molar-refractivity contribution < 1.29 is 18.0 Å². The van der Waals surface area contributed by atoms with Gasteiger partial charge in [0.2, 0.25) is 5.91 Å². The summed E-state index contributed by atoms with van der Waals surface area (Å²) in [6.45, 7) is 1.42. The molecule has 0 aliphatic carbocycles. The van der Waals surface area contributed by atoms with E-state index in [9.17, 15) is 18.0 Å². The minimum Gasteiger partial charge on any atom is -0.393 e. The fourth-order valence-corrected chi connectivity index (χ4v) is 1.70. The molecule has 8 heteroatoms. The second-order valence-corrected chi connectivity index (χ2v) is 5.19. The van der Waals surface area contributed by atoms with Gasteiger partial charge in [0.05, 0.1) is 22.2 Å². The third kappa shape index (κ3) is 4.17. The van der Waals surface area contributed by atoms with Crippen molar-refractivity contribution >= 4 is 44.7 Å². The highest BCUT2D eigenvalue weighted by Crippen LogP contribution is 2.36. The number of alkyl halides is 3. The fraction of sp³-hybridized carbons (Fsp3) is 0.273. The number of halogens is 4. The van der Waals surface area contributed by atoms with Gasteiger partial charge in [-0.3, -0.25) is 4.79 Å². The van der Waals surface area contributed by atoms with Gasteiger partial charge in [0.25, 0.3) is 0 Å². The van der Waals surface area contributed by atoms with Crippen LogP contribution in [0.5, 0.6) is 0 Å². The number of carbonyl (C=O) groups is 1. The van der Waals surface area contributed by atoms with Gasteiger partial charge in [-0.15, -0.1) is 0 Å². The molecule has 1 rings (SSSR count). The van der Waals surface area contributed by atoms with E-state index < -0.39 is 23.6 Å². The Labute approximate surface area is 121 Å². The quantitative estimate of drug-likeness (QED) is 0.818. The molecule has 1 atom stereocenters. The van der Waals surface area contributed by atoms with E-state index in [-0.39, 0.29) is 15.1 Å². The van der Waals surface area contributed by atoms with Gasteiger partial charge in [0, 0.05) is 4.47 Å². The number of anilines is 1. The molecule has 0 bridgehead atoms. The Morgan fingerprint density at radius 3 is 2.53 bits per heavy atom. The van der Waals surface area contributed by atoms with Crippen molar-refractivity contribution in [1.29, 1.82) is 0 Å². The molecule has 0 aliphatic rings. The average molecular weight is 355 g/mol. The third-order valence-corrected chi connectivity index (χ3v) is 3.21. The van der Waals surface area contributed by atoms with Gasteiger partial charge in [0.1, 0.15) is 0 Å². The Morgan fingerprint density at radius 2 is 2.05 bits per heavy atom. The molecule has 0 spiro atoms. The van der Waals surface area contributed by atoms with Gasteiger partial charge in [-0.1, -0.05) is 28.1 Å². The highest BCUT2D eigenvalue weighted by molar-refractivity contribution is 9.10. The van der Waals surface area contributed by atoms with Crippen molar-refractivity contribution in [2.75, 3.05) is 5.32 Å². The number of hydrogen-bond donors (Lipinski definition) is 2. The van der Waals surface area contributed by atoms with E-state index in [2.05, 4.69) is 33.5 Å². The molecule has 1 unspecified atom stereocenters.